The lowest BCUT2D eigenvalue weighted by atomic mass is 10.1. The molecule has 0 saturated heterocycles. The fourth-order valence-electron chi connectivity index (χ4n) is 2.35. The predicted molar refractivity (Wildman–Crippen MR) is 80.5 cm³/mol. The average molecular weight is 271 g/mol. The number of furan rings is 1. The summed E-state index contributed by atoms with van der Waals surface area (Å²) in [4.78, 5) is 1.37. The molecule has 0 aliphatic carbocycles. The molecule has 19 heavy (non-hydrogen) atoms. The van der Waals surface area contributed by atoms with Crippen LogP contribution in [-0.4, -0.2) is 0 Å². The van der Waals surface area contributed by atoms with Crippen molar-refractivity contribution >= 4 is 22.3 Å². The number of rotatable bonds is 5. The van der Waals surface area contributed by atoms with Gasteiger partial charge in [-0.2, -0.15) is 0 Å². The third-order valence-electron chi connectivity index (χ3n) is 3.28. The first-order valence-corrected chi connectivity index (χ1v) is 7.49. The van der Waals surface area contributed by atoms with Gasteiger partial charge >= 0.3 is 0 Å². The zero-order valence-corrected chi connectivity index (χ0v) is 11.8. The van der Waals surface area contributed by atoms with Crippen molar-refractivity contribution in [3.8, 4) is 0 Å². The lowest BCUT2D eigenvalue weighted by Crippen LogP contribution is -2.12. The maximum absolute atomic E-state index is 5.90. The van der Waals surface area contributed by atoms with Gasteiger partial charge in [0.25, 0.3) is 0 Å². The summed E-state index contributed by atoms with van der Waals surface area (Å²) in [6.45, 7) is 3.92. The zero-order chi connectivity index (χ0) is 13.1. The SMILES string of the molecule is CCc1oc2ccccc2c1CNCc1cccs1. The Morgan fingerprint density at radius 2 is 2.00 bits per heavy atom. The molecule has 0 aliphatic heterocycles. The molecule has 3 aromatic rings. The standard InChI is InChI=1S/C16H17NOS/c1-2-15-14(11-17-10-12-6-5-9-19-12)13-7-3-4-8-16(13)18-15/h3-9,17H,2,10-11H2,1H3. The molecule has 3 rings (SSSR count). The number of nitrogens with one attached hydrogen (secondary N) is 1. The fourth-order valence-corrected chi connectivity index (χ4v) is 3.03. The Balaban J connectivity index is 1.79. The Kier molecular flexibility index (Phi) is 3.67. The van der Waals surface area contributed by atoms with Crippen LogP contribution < -0.4 is 5.32 Å². The normalized spacial score (nSPS) is 11.2. The molecule has 0 radical (unpaired) electrons. The molecule has 0 unspecified atom stereocenters. The monoisotopic (exact) mass is 271 g/mol. The van der Waals surface area contributed by atoms with Crippen LogP contribution in [0.2, 0.25) is 0 Å². The van der Waals surface area contributed by atoms with Gasteiger partial charge in [0.15, 0.2) is 0 Å². The summed E-state index contributed by atoms with van der Waals surface area (Å²) < 4.78 is 5.90. The van der Waals surface area contributed by atoms with Crippen LogP contribution in [0.1, 0.15) is 23.1 Å². The molecule has 0 saturated carbocycles. The van der Waals surface area contributed by atoms with Crippen LogP contribution in [0.3, 0.4) is 0 Å². The molecule has 1 aromatic carbocycles. The summed E-state index contributed by atoms with van der Waals surface area (Å²) >= 11 is 1.79. The Morgan fingerprint density at radius 3 is 2.79 bits per heavy atom. The van der Waals surface area contributed by atoms with Gasteiger partial charge in [-0.05, 0) is 17.5 Å². The maximum Gasteiger partial charge on any atom is 0.134 e. The summed E-state index contributed by atoms with van der Waals surface area (Å²) in [5.74, 6) is 1.10. The number of para-hydroxylation sites is 1. The number of fused-ring (bicyclic) bond motifs is 1. The van der Waals surface area contributed by atoms with E-state index >= 15 is 0 Å². The summed E-state index contributed by atoms with van der Waals surface area (Å²) in [5, 5.41) is 6.85. The minimum absolute atomic E-state index is 0.859. The van der Waals surface area contributed by atoms with Gasteiger partial charge in [0, 0.05) is 35.3 Å². The predicted octanol–water partition coefficient (Wildman–Crippen LogP) is 4.35. The number of thiophene rings is 1. The van der Waals surface area contributed by atoms with Gasteiger partial charge in [-0.15, -0.1) is 11.3 Å². The van der Waals surface area contributed by atoms with Crippen molar-refractivity contribution in [2.24, 2.45) is 0 Å². The van der Waals surface area contributed by atoms with Crippen molar-refractivity contribution < 1.29 is 4.42 Å². The minimum Gasteiger partial charge on any atom is -0.461 e. The van der Waals surface area contributed by atoms with E-state index in [4.69, 9.17) is 4.42 Å². The number of hydrogen-bond acceptors (Lipinski definition) is 3. The molecule has 2 aromatic heterocycles. The van der Waals surface area contributed by atoms with Gasteiger partial charge in [0.05, 0.1) is 0 Å². The third-order valence-corrected chi connectivity index (χ3v) is 4.16. The molecule has 0 amide bonds. The van der Waals surface area contributed by atoms with E-state index in [0.29, 0.717) is 0 Å². The highest BCUT2D eigenvalue weighted by molar-refractivity contribution is 7.09. The summed E-state index contributed by atoms with van der Waals surface area (Å²) in [6, 6.07) is 12.5. The van der Waals surface area contributed by atoms with Crippen molar-refractivity contribution in [3.63, 3.8) is 0 Å². The van der Waals surface area contributed by atoms with Crippen molar-refractivity contribution in [2.75, 3.05) is 0 Å². The van der Waals surface area contributed by atoms with Crippen LogP contribution in [-0.2, 0) is 19.5 Å². The smallest absolute Gasteiger partial charge is 0.134 e. The molecule has 3 heteroatoms. The van der Waals surface area contributed by atoms with Crippen molar-refractivity contribution in [1.29, 1.82) is 0 Å². The van der Waals surface area contributed by atoms with Crippen LogP contribution in [0, 0.1) is 0 Å². The first kappa shape index (κ1) is 12.5. The first-order valence-electron chi connectivity index (χ1n) is 6.61. The molecule has 0 fully saturated rings. The third kappa shape index (κ3) is 2.57. The number of benzene rings is 1. The van der Waals surface area contributed by atoms with E-state index in [-0.39, 0.29) is 0 Å². The second-order valence-electron chi connectivity index (χ2n) is 4.54. The van der Waals surface area contributed by atoms with E-state index < -0.39 is 0 Å². The van der Waals surface area contributed by atoms with E-state index in [0.717, 1.165) is 30.9 Å². The van der Waals surface area contributed by atoms with Gasteiger partial charge in [-0.25, -0.2) is 0 Å². The first-order chi connectivity index (χ1) is 9.38. The van der Waals surface area contributed by atoms with Gasteiger partial charge in [-0.1, -0.05) is 31.2 Å². The van der Waals surface area contributed by atoms with E-state index in [1.807, 2.05) is 12.1 Å². The van der Waals surface area contributed by atoms with Crippen LogP contribution in [0.15, 0.2) is 46.2 Å². The van der Waals surface area contributed by atoms with Crippen molar-refractivity contribution in [2.45, 2.75) is 26.4 Å². The quantitative estimate of drug-likeness (QED) is 0.746. The highest BCUT2D eigenvalue weighted by Crippen LogP contribution is 2.26. The largest absolute Gasteiger partial charge is 0.461 e. The topological polar surface area (TPSA) is 25.2 Å². The lowest BCUT2D eigenvalue weighted by molar-refractivity contribution is 0.544. The molecule has 2 heterocycles. The highest BCUT2D eigenvalue weighted by Gasteiger charge is 2.11. The van der Waals surface area contributed by atoms with Gasteiger partial charge in [0.1, 0.15) is 11.3 Å². The fraction of sp³-hybridized carbons (Fsp3) is 0.250. The van der Waals surface area contributed by atoms with E-state index in [1.165, 1.54) is 15.8 Å². The Bertz CT molecular complexity index is 655. The second kappa shape index (κ2) is 5.59. The Hall–Kier alpha value is -1.58. The molecule has 0 atom stereocenters. The molecule has 2 nitrogen and oxygen atoms in total. The molecular formula is C16H17NOS. The molecule has 0 aliphatic rings. The van der Waals surface area contributed by atoms with Crippen molar-refractivity contribution in [1.82, 2.24) is 5.32 Å². The van der Waals surface area contributed by atoms with Crippen LogP contribution in [0.4, 0.5) is 0 Å². The molecule has 0 bridgehead atoms. The van der Waals surface area contributed by atoms with E-state index in [2.05, 4.69) is 41.9 Å². The van der Waals surface area contributed by atoms with Crippen LogP contribution in [0.5, 0.6) is 0 Å². The van der Waals surface area contributed by atoms with E-state index in [1.54, 1.807) is 11.3 Å². The van der Waals surface area contributed by atoms with Gasteiger partial charge < -0.3 is 9.73 Å². The van der Waals surface area contributed by atoms with E-state index in [9.17, 15) is 0 Å². The van der Waals surface area contributed by atoms with Crippen LogP contribution >= 0.6 is 11.3 Å². The number of hydrogen-bond donors (Lipinski definition) is 1. The minimum atomic E-state index is 0.859. The molecular weight excluding hydrogens is 254 g/mol. The Labute approximate surface area is 117 Å². The number of aryl methyl sites for hydroxylation is 1. The zero-order valence-electron chi connectivity index (χ0n) is 11.0. The van der Waals surface area contributed by atoms with Crippen LogP contribution in [0.25, 0.3) is 11.0 Å². The summed E-state index contributed by atoms with van der Waals surface area (Å²) in [5.41, 5.74) is 2.29. The summed E-state index contributed by atoms with van der Waals surface area (Å²) in [6.07, 6.45) is 0.935. The Morgan fingerprint density at radius 1 is 1.11 bits per heavy atom. The lowest BCUT2D eigenvalue weighted by Gasteiger charge is -2.03. The molecule has 98 valence electrons. The van der Waals surface area contributed by atoms with Gasteiger partial charge in [-0.3, -0.25) is 0 Å². The molecule has 1 N–H and O–H groups in total. The summed E-state index contributed by atoms with van der Waals surface area (Å²) in [7, 11) is 0. The van der Waals surface area contributed by atoms with Crippen molar-refractivity contribution in [3.05, 3.63) is 58.0 Å². The average Bonchev–Trinajstić information content (AvgIpc) is 3.06. The van der Waals surface area contributed by atoms with Gasteiger partial charge in [0.2, 0.25) is 0 Å². The second-order valence-corrected chi connectivity index (χ2v) is 5.57. The highest BCUT2D eigenvalue weighted by atomic mass is 32.1. The maximum atomic E-state index is 5.90. The molecule has 0 spiro atoms.